The van der Waals surface area contributed by atoms with Crippen LogP contribution < -0.4 is 5.32 Å². The van der Waals surface area contributed by atoms with Crippen LogP contribution in [0.15, 0.2) is 24.5 Å². The highest BCUT2D eigenvalue weighted by molar-refractivity contribution is 5.18. The summed E-state index contributed by atoms with van der Waals surface area (Å²) < 4.78 is 12.6. The SMILES string of the molecule is FC[C@H]1CNC[C@H]1c1cccnc1. The monoisotopic (exact) mass is 180 g/mol. The van der Waals surface area contributed by atoms with Gasteiger partial charge in [0, 0.05) is 37.3 Å². The van der Waals surface area contributed by atoms with Gasteiger partial charge >= 0.3 is 0 Å². The molecule has 1 aromatic rings. The van der Waals surface area contributed by atoms with Crippen LogP contribution in [0.25, 0.3) is 0 Å². The van der Waals surface area contributed by atoms with Gasteiger partial charge in [-0.1, -0.05) is 6.07 Å². The van der Waals surface area contributed by atoms with Crippen LogP contribution in [0.2, 0.25) is 0 Å². The summed E-state index contributed by atoms with van der Waals surface area (Å²) in [7, 11) is 0. The zero-order valence-electron chi connectivity index (χ0n) is 7.41. The molecule has 13 heavy (non-hydrogen) atoms. The molecular weight excluding hydrogens is 167 g/mol. The second-order valence-corrected chi connectivity index (χ2v) is 3.47. The van der Waals surface area contributed by atoms with Gasteiger partial charge in [-0.05, 0) is 11.6 Å². The molecule has 3 heteroatoms. The Kier molecular flexibility index (Phi) is 2.54. The smallest absolute Gasteiger partial charge is 0.0941 e. The second kappa shape index (κ2) is 3.83. The molecule has 2 rings (SSSR count). The van der Waals surface area contributed by atoms with Gasteiger partial charge in [-0.3, -0.25) is 9.37 Å². The molecule has 0 bridgehead atoms. The molecule has 2 heterocycles. The maximum atomic E-state index is 12.6. The lowest BCUT2D eigenvalue weighted by Gasteiger charge is -2.14. The van der Waals surface area contributed by atoms with Gasteiger partial charge < -0.3 is 5.32 Å². The summed E-state index contributed by atoms with van der Waals surface area (Å²) in [5, 5.41) is 3.20. The number of nitrogens with one attached hydrogen (secondary N) is 1. The Morgan fingerprint density at radius 3 is 3.15 bits per heavy atom. The molecular formula is C10H13FN2. The number of alkyl halides is 1. The first kappa shape index (κ1) is 8.63. The van der Waals surface area contributed by atoms with E-state index in [0.29, 0.717) is 5.92 Å². The van der Waals surface area contributed by atoms with Crippen molar-refractivity contribution in [3.05, 3.63) is 30.1 Å². The first-order valence-electron chi connectivity index (χ1n) is 4.58. The third kappa shape index (κ3) is 1.70. The predicted molar refractivity (Wildman–Crippen MR) is 49.3 cm³/mol. The molecule has 1 N–H and O–H groups in total. The molecule has 1 aliphatic rings. The van der Waals surface area contributed by atoms with Gasteiger partial charge in [0.1, 0.15) is 0 Å². The van der Waals surface area contributed by atoms with Gasteiger partial charge in [-0.2, -0.15) is 0 Å². The van der Waals surface area contributed by atoms with Crippen LogP contribution in [-0.2, 0) is 0 Å². The highest BCUT2D eigenvalue weighted by Gasteiger charge is 2.28. The summed E-state index contributed by atoms with van der Waals surface area (Å²) in [5.41, 5.74) is 1.15. The Morgan fingerprint density at radius 2 is 2.46 bits per heavy atom. The molecule has 2 nitrogen and oxygen atoms in total. The Hall–Kier alpha value is -0.960. The molecule has 1 saturated heterocycles. The fourth-order valence-corrected chi connectivity index (χ4v) is 1.88. The quantitative estimate of drug-likeness (QED) is 0.743. The van der Waals surface area contributed by atoms with E-state index in [4.69, 9.17) is 0 Å². The Bertz CT molecular complexity index is 263. The van der Waals surface area contributed by atoms with Gasteiger partial charge in [-0.15, -0.1) is 0 Å². The van der Waals surface area contributed by atoms with Crippen LogP contribution in [0, 0.1) is 5.92 Å². The highest BCUT2D eigenvalue weighted by atomic mass is 19.1. The van der Waals surface area contributed by atoms with E-state index < -0.39 is 0 Å². The van der Waals surface area contributed by atoms with E-state index in [1.807, 2.05) is 18.3 Å². The van der Waals surface area contributed by atoms with Crippen LogP contribution in [0.1, 0.15) is 11.5 Å². The number of hydrogen-bond donors (Lipinski definition) is 1. The molecule has 0 amide bonds. The van der Waals surface area contributed by atoms with E-state index >= 15 is 0 Å². The average Bonchev–Trinajstić information content (AvgIpc) is 2.67. The van der Waals surface area contributed by atoms with Crippen molar-refractivity contribution in [2.24, 2.45) is 5.92 Å². The fraction of sp³-hybridized carbons (Fsp3) is 0.500. The number of pyridine rings is 1. The molecule has 1 aliphatic heterocycles. The zero-order chi connectivity index (χ0) is 9.10. The van der Waals surface area contributed by atoms with Crippen molar-refractivity contribution in [1.82, 2.24) is 10.3 Å². The summed E-state index contributed by atoms with van der Waals surface area (Å²) in [5.74, 6) is 0.433. The molecule has 1 aromatic heterocycles. The molecule has 0 saturated carbocycles. The molecule has 0 unspecified atom stereocenters. The van der Waals surface area contributed by atoms with Crippen molar-refractivity contribution in [2.75, 3.05) is 19.8 Å². The van der Waals surface area contributed by atoms with Gasteiger partial charge in [-0.25, -0.2) is 0 Å². The molecule has 0 aromatic carbocycles. The molecule has 2 atom stereocenters. The Labute approximate surface area is 77.2 Å². The van der Waals surface area contributed by atoms with Crippen molar-refractivity contribution < 1.29 is 4.39 Å². The summed E-state index contributed by atoms with van der Waals surface area (Å²) in [4.78, 5) is 4.05. The molecule has 1 fully saturated rings. The summed E-state index contributed by atoms with van der Waals surface area (Å²) in [6, 6.07) is 3.93. The van der Waals surface area contributed by atoms with Gasteiger partial charge in [0.25, 0.3) is 0 Å². The third-order valence-corrected chi connectivity index (χ3v) is 2.65. The number of nitrogens with zero attached hydrogens (tertiary/aromatic N) is 1. The first-order valence-corrected chi connectivity index (χ1v) is 4.58. The minimum Gasteiger partial charge on any atom is -0.316 e. The molecule has 70 valence electrons. The third-order valence-electron chi connectivity index (χ3n) is 2.65. The van der Waals surface area contributed by atoms with Crippen LogP contribution in [-0.4, -0.2) is 24.7 Å². The van der Waals surface area contributed by atoms with Crippen LogP contribution >= 0.6 is 0 Å². The van der Waals surface area contributed by atoms with Crippen LogP contribution in [0.5, 0.6) is 0 Å². The lowest BCUT2D eigenvalue weighted by atomic mass is 9.91. The van der Waals surface area contributed by atoms with Crippen LogP contribution in [0.3, 0.4) is 0 Å². The number of rotatable bonds is 2. The normalized spacial score (nSPS) is 27.8. The van der Waals surface area contributed by atoms with E-state index in [9.17, 15) is 4.39 Å². The molecule has 0 radical (unpaired) electrons. The van der Waals surface area contributed by atoms with Gasteiger partial charge in [0.05, 0.1) is 6.67 Å². The van der Waals surface area contributed by atoms with Crippen molar-refractivity contribution in [1.29, 1.82) is 0 Å². The zero-order valence-corrected chi connectivity index (χ0v) is 7.41. The van der Waals surface area contributed by atoms with Crippen molar-refractivity contribution in [3.63, 3.8) is 0 Å². The summed E-state index contributed by atoms with van der Waals surface area (Å²) >= 11 is 0. The molecule has 0 aliphatic carbocycles. The summed E-state index contributed by atoms with van der Waals surface area (Å²) in [6.45, 7) is 1.42. The van der Waals surface area contributed by atoms with Gasteiger partial charge in [0.2, 0.25) is 0 Å². The highest BCUT2D eigenvalue weighted by Crippen LogP contribution is 2.27. The lowest BCUT2D eigenvalue weighted by Crippen LogP contribution is -2.12. The number of hydrogen-bond acceptors (Lipinski definition) is 2. The standard InChI is InChI=1S/C10H13FN2/c11-4-9-6-13-7-10(9)8-2-1-3-12-5-8/h1-3,5,9-10,13H,4,6-7H2/t9-,10-/m0/s1. The van der Waals surface area contributed by atoms with E-state index in [1.165, 1.54) is 0 Å². The fourth-order valence-electron chi connectivity index (χ4n) is 1.88. The van der Waals surface area contributed by atoms with Crippen molar-refractivity contribution in [3.8, 4) is 0 Å². The molecule has 0 spiro atoms. The van der Waals surface area contributed by atoms with E-state index in [1.54, 1.807) is 6.20 Å². The van der Waals surface area contributed by atoms with E-state index in [2.05, 4.69) is 10.3 Å². The number of halogens is 1. The summed E-state index contributed by atoms with van der Waals surface area (Å²) in [6.07, 6.45) is 3.58. The Morgan fingerprint density at radius 1 is 1.54 bits per heavy atom. The van der Waals surface area contributed by atoms with E-state index in [-0.39, 0.29) is 12.6 Å². The maximum Gasteiger partial charge on any atom is 0.0941 e. The Balaban J connectivity index is 2.16. The second-order valence-electron chi connectivity index (χ2n) is 3.47. The lowest BCUT2D eigenvalue weighted by molar-refractivity contribution is 0.358. The number of aromatic nitrogens is 1. The maximum absolute atomic E-state index is 12.6. The first-order chi connectivity index (χ1) is 6.42. The van der Waals surface area contributed by atoms with Crippen molar-refractivity contribution >= 4 is 0 Å². The average molecular weight is 180 g/mol. The van der Waals surface area contributed by atoms with Crippen LogP contribution in [0.4, 0.5) is 4.39 Å². The topological polar surface area (TPSA) is 24.9 Å². The van der Waals surface area contributed by atoms with Crippen molar-refractivity contribution in [2.45, 2.75) is 5.92 Å². The largest absolute Gasteiger partial charge is 0.316 e. The van der Waals surface area contributed by atoms with E-state index in [0.717, 1.165) is 18.7 Å². The minimum absolute atomic E-state index is 0.129. The minimum atomic E-state index is -0.243. The van der Waals surface area contributed by atoms with Gasteiger partial charge in [0.15, 0.2) is 0 Å². The predicted octanol–water partition coefficient (Wildman–Crippen LogP) is 1.35.